The molecular formula is C16H32N4. The Balaban J connectivity index is 2.47. The molecule has 1 rings (SSSR count). The first-order valence-corrected chi connectivity index (χ1v) is 7.69. The zero-order chi connectivity index (χ0) is 15.3. The van der Waals surface area contributed by atoms with Crippen LogP contribution in [-0.4, -0.2) is 40.9 Å². The fourth-order valence-electron chi connectivity index (χ4n) is 2.31. The summed E-state index contributed by atoms with van der Waals surface area (Å²) in [5.74, 6) is 0. The largest absolute Gasteiger partial charge is 0.311 e. The molecule has 1 aromatic heterocycles. The summed E-state index contributed by atoms with van der Waals surface area (Å²) in [6.45, 7) is 14.2. The molecule has 0 fully saturated rings. The average molecular weight is 280 g/mol. The Kier molecular flexibility index (Phi) is 6.21. The van der Waals surface area contributed by atoms with E-state index < -0.39 is 0 Å². The molecule has 20 heavy (non-hydrogen) atoms. The molecule has 0 saturated heterocycles. The molecule has 0 spiro atoms. The lowest BCUT2D eigenvalue weighted by Gasteiger charge is -2.23. The van der Waals surface area contributed by atoms with Gasteiger partial charge in [0.1, 0.15) is 0 Å². The van der Waals surface area contributed by atoms with Crippen LogP contribution in [0.2, 0.25) is 0 Å². The highest BCUT2D eigenvalue weighted by Gasteiger charge is 2.21. The van der Waals surface area contributed by atoms with Crippen molar-refractivity contribution in [1.29, 1.82) is 0 Å². The van der Waals surface area contributed by atoms with Crippen molar-refractivity contribution in [3.63, 3.8) is 0 Å². The third kappa shape index (κ3) is 4.91. The summed E-state index contributed by atoms with van der Waals surface area (Å²) in [6.07, 6.45) is 3.33. The monoisotopic (exact) mass is 280 g/mol. The Labute approximate surface area is 124 Å². The van der Waals surface area contributed by atoms with Crippen molar-refractivity contribution in [1.82, 2.24) is 20.0 Å². The van der Waals surface area contributed by atoms with Gasteiger partial charge in [-0.15, -0.1) is 0 Å². The number of rotatable bonds is 7. The lowest BCUT2D eigenvalue weighted by molar-refractivity contribution is 0.251. The molecule has 1 N–H and O–H groups in total. The van der Waals surface area contributed by atoms with Gasteiger partial charge in [0.05, 0.1) is 5.69 Å². The molecule has 0 amide bonds. The predicted octanol–water partition coefficient (Wildman–Crippen LogP) is 2.54. The topological polar surface area (TPSA) is 33.1 Å². The van der Waals surface area contributed by atoms with Gasteiger partial charge in [-0.1, -0.05) is 27.7 Å². The van der Waals surface area contributed by atoms with Gasteiger partial charge in [0.2, 0.25) is 0 Å². The van der Waals surface area contributed by atoms with Crippen LogP contribution in [-0.2, 0) is 19.0 Å². The van der Waals surface area contributed by atoms with Gasteiger partial charge >= 0.3 is 0 Å². The molecule has 0 aromatic carbocycles. The number of nitrogens with one attached hydrogen (secondary N) is 1. The summed E-state index contributed by atoms with van der Waals surface area (Å²) in [4.78, 5) is 2.40. The molecule has 1 heterocycles. The Morgan fingerprint density at radius 3 is 2.60 bits per heavy atom. The van der Waals surface area contributed by atoms with Crippen molar-refractivity contribution < 1.29 is 0 Å². The SMILES string of the molecule is CCC(C)N(C)CCNCc1cn(C)nc1C(C)(C)C. The molecule has 1 aromatic rings. The second kappa shape index (κ2) is 7.23. The minimum absolute atomic E-state index is 0.103. The number of hydrogen-bond donors (Lipinski definition) is 1. The third-order valence-electron chi connectivity index (χ3n) is 3.91. The highest BCUT2D eigenvalue weighted by molar-refractivity contribution is 5.23. The standard InChI is InChI=1S/C16H32N4/c1-8-13(2)19(6)10-9-17-11-14-12-20(7)18-15(14)16(3,4)5/h12-13,17H,8-11H2,1-7H3. The van der Waals surface area contributed by atoms with Crippen molar-refractivity contribution in [3.8, 4) is 0 Å². The molecule has 0 saturated carbocycles. The van der Waals surface area contributed by atoms with Crippen LogP contribution in [0.5, 0.6) is 0 Å². The Morgan fingerprint density at radius 2 is 2.05 bits per heavy atom. The van der Waals surface area contributed by atoms with Crippen molar-refractivity contribution in [2.45, 2.75) is 59.0 Å². The molecule has 0 radical (unpaired) electrons. The van der Waals surface area contributed by atoms with Crippen LogP contribution in [0, 0.1) is 0 Å². The molecule has 0 bridgehead atoms. The summed E-state index contributed by atoms with van der Waals surface area (Å²) < 4.78 is 1.92. The zero-order valence-corrected chi connectivity index (χ0v) is 14.3. The first-order valence-electron chi connectivity index (χ1n) is 7.69. The third-order valence-corrected chi connectivity index (χ3v) is 3.91. The lowest BCUT2D eigenvalue weighted by Crippen LogP contribution is -2.35. The Hall–Kier alpha value is -0.870. The molecule has 1 atom stereocenters. The quantitative estimate of drug-likeness (QED) is 0.779. The Bertz CT molecular complexity index is 403. The van der Waals surface area contributed by atoms with Gasteiger partial charge in [-0.3, -0.25) is 4.68 Å². The van der Waals surface area contributed by atoms with Crippen LogP contribution >= 0.6 is 0 Å². The van der Waals surface area contributed by atoms with Crippen molar-refractivity contribution >= 4 is 0 Å². The molecule has 0 aliphatic rings. The van der Waals surface area contributed by atoms with Crippen molar-refractivity contribution in [2.24, 2.45) is 7.05 Å². The van der Waals surface area contributed by atoms with Gasteiger partial charge in [-0.25, -0.2) is 0 Å². The van der Waals surface area contributed by atoms with Crippen LogP contribution < -0.4 is 5.32 Å². The smallest absolute Gasteiger partial charge is 0.0722 e. The maximum absolute atomic E-state index is 4.60. The molecule has 116 valence electrons. The van der Waals surface area contributed by atoms with Gasteiger partial charge in [-0.05, 0) is 20.4 Å². The van der Waals surface area contributed by atoms with E-state index in [0.717, 1.165) is 19.6 Å². The zero-order valence-electron chi connectivity index (χ0n) is 14.3. The summed E-state index contributed by atoms with van der Waals surface area (Å²) in [7, 11) is 4.19. The van der Waals surface area contributed by atoms with Gasteiger partial charge in [0.25, 0.3) is 0 Å². The van der Waals surface area contributed by atoms with E-state index in [1.165, 1.54) is 17.7 Å². The molecule has 0 aliphatic carbocycles. The molecule has 1 unspecified atom stereocenters. The van der Waals surface area contributed by atoms with Crippen LogP contribution in [0.1, 0.15) is 52.3 Å². The van der Waals surface area contributed by atoms with Gasteiger partial charge in [-0.2, -0.15) is 5.10 Å². The summed E-state index contributed by atoms with van der Waals surface area (Å²) in [6, 6.07) is 0.653. The molecule has 0 aliphatic heterocycles. The fourth-order valence-corrected chi connectivity index (χ4v) is 2.31. The van der Waals surface area contributed by atoms with E-state index in [0.29, 0.717) is 6.04 Å². The average Bonchev–Trinajstić information content (AvgIpc) is 2.74. The summed E-state index contributed by atoms with van der Waals surface area (Å²) >= 11 is 0. The maximum atomic E-state index is 4.60. The van der Waals surface area contributed by atoms with Crippen molar-refractivity contribution in [3.05, 3.63) is 17.5 Å². The first kappa shape index (κ1) is 17.2. The summed E-state index contributed by atoms with van der Waals surface area (Å²) in [5.41, 5.74) is 2.61. The highest BCUT2D eigenvalue weighted by Crippen LogP contribution is 2.23. The number of aryl methyl sites for hydroxylation is 1. The van der Waals surface area contributed by atoms with Crippen LogP contribution in [0.25, 0.3) is 0 Å². The van der Waals surface area contributed by atoms with E-state index in [-0.39, 0.29) is 5.41 Å². The number of nitrogens with zero attached hydrogens (tertiary/aromatic N) is 3. The second-order valence-electron chi connectivity index (χ2n) is 6.84. The van der Waals surface area contributed by atoms with E-state index in [2.05, 4.69) is 63.2 Å². The van der Waals surface area contributed by atoms with Crippen molar-refractivity contribution in [2.75, 3.05) is 20.1 Å². The van der Waals surface area contributed by atoms with E-state index in [4.69, 9.17) is 0 Å². The second-order valence-corrected chi connectivity index (χ2v) is 6.84. The highest BCUT2D eigenvalue weighted by atomic mass is 15.3. The first-order chi connectivity index (χ1) is 9.25. The van der Waals surface area contributed by atoms with E-state index in [1.54, 1.807) is 0 Å². The number of hydrogen-bond acceptors (Lipinski definition) is 3. The minimum Gasteiger partial charge on any atom is -0.311 e. The van der Waals surface area contributed by atoms with E-state index in [1.807, 2.05) is 11.7 Å². The maximum Gasteiger partial charge on any atom is 0.0722 e. The summed E-state index contributed by atoms with van der Waals surface area (Å²) in [5, 5.41) is 8.15. The molecule has 4 heteroatoms. The Morgan fingerprint density at radius 1 is 1.40 bits per heavy atom. The minimum atomic E-state index is 0.103. The number of aromatic nitrogens is 2. The van der Waals surface area contributed by atoms with E-state index >= 15 is 0 Å². The van der Waals surface area contributed by atoms with Gasteiger partial charge in [0, 0.05) is 49.9 Å². The van der Waals surface area contributed by atoms with E-state index in [9.17, 15) is 0 Å². The van der Waals surface area contributed by atoms with Crippen LogP contribution in [0.4, 0.5) is 0 Å². The van der Waals surface area contributed by atoms with Gasteiger partial charge < -0.3 is 10.2 Å². The van der Waals surface area contributed by atoms with Crippen LogP contribution in [0.3, 0.4) is 0 Å². The predicted molar refractivity (Wildman–Crippen MR) is 86.0 cm³/mol. The number of likely N-dealkylation sites (N-methyl/N-ethyl adjacent to an activating group) is 1. The van der Waals surface area contributed by atoms with Gasteiger partial charge in [0.15, 0.2) is 0 Å². The normalized spacial score (nSPS) is 14.0. The fraction of sp³-hybridized carbons (Fsp3) is 0.812. The lowest BCUT2D eigenvalue weighted by atomic mass is 9.89. The molecular weight excluding hydrogens is 248 g/mol. The van der Waals surface area contributed by atoms with Crippen LogP contribution in [0.15, 0.2) is 6.20 Å². The molecule has 4 nitrogen and oxygen atoms in total.